The standard InChI is InChI=1S/C50H52F2N8O6/c1-26(2)42(58-48(64)66-4)46(62)59-25-49(15-16-49)23-41(59)44-54-24-40(56-44)29-9-13-34-33-12-8-28(20-35(33)50(51,52)36(34)21-29)27-10-14-37-31(18-27)22-39(55-37)43-30-7-11-32(19-30)60(43)45(61)38(6-5-17-53)57-47(63)65-3/h8-10,12-14,18,20-21,24,26,30,32,38,41-43H,5-7,11,15-16,19,22-23,25H2,1-4H3,(H,54,56)(H,57,63)(H,58,64)/t30-,32+,38-,41?,42-,43-/m0/s1. The molecule has 3 aliphatic carbocycles. The molecule has 2 saturated carbocycles. The molecule has 0 radical (unpaired) electrons. The van der Waals surface area contributed by atoms with Gasteiger partial charge in [0.05, 0.1) is 50.0 Å². The number of amides is 4. The van der Waals surface area contributed by atoms with Gasteiger partial charge in [0.25, 0.3) is 5.92 Å². The van der Waals surface area contributed by atoms with Crippen LogP contribution in [-0.4, -0.2) is 94.4 Å². The Bertz CT molecular complexity index is 2740. The molecule has 3 aliphatic heterocycles. The van der Waals surface area contributed by atoms with Crippen LogP contribution in [0.2, 0.25) is 0 Å². The molecule has 1 aromatic heterocycles. The third-order valence-corrected chi connectivity index (χ3v) is 14.9. The van der Waals surface area contributed by atoms with Gasteiger partial charge >= 0.3 is 12.2 Å². The summed E-state index contributed by atoms with van der Waals surface area (Å²) < 4.78 is 43.0. The number of ether oxygens (including phenoxy) is 2. The number of fused-ring (bicyclic) bond motifs is 6. The number of piperidine rings is 1. The zero-order valence-electron chi connectivity index (χ0n) is 37.3. The van der Waals surface area contributed by atoms with Gasteiger partial charge in [-0.15, -0.1) is 0 Å². The van der Waals surface area contributed by atoms with Crippen LogP contribution in [0, 0.1) is 28.6 Å². The molecule has 66 heavy (non-hydrogen) atoms. The van der Waals surface area contributed by atoms with Gasteiger partial charge in [-0.25, -0.2) is 14.6 Å². The van der Waals surface area contributed by atoms with E-state index in [1.54, 1.807) is 29.3 Å². The first-order valence-corrected chi connectivity index (χ1v) is 22.8. The Hall–Kier alpha value is -6.63. The second-order valence-corrected chi connectivity index (χ2v) is 19.2. The van der Waals surface area contributed by atoms with Crippen LogP contribution in [0.3, 0.4) is 0 Å². The number of carbonyl (C=O) groups is 4. The minimum Gasteiger partial charge on any atom is -0.453 e. The number of likely N-dealkylation sites (tertiary alicyclic amines) is 2. The van der Waals surface area contributed by atoms with Gasteiger partial charge in [0.2, 0.25) is 11.8 Å². The summed E-state index contributed by atoms with van der Waals surface area (Å²) in [5, 5.41) is 14.6. The second kappa shape index (κ2) is 16.4. The molecule has 3 aromatic carbocycles. The number of hydrogen-bond donors (Lipinski definition) is 3. The summed E-state index contributed by atoms with van der Waals surface area (Å²) in [4.78, 5) is 69.1. The highest BCUT2D eigenvalue weighted by Crippen LogP contribution is 2.59. The Labute approximate surface area is 381 Å². The summed E-state index contributed by atoms with van der Waals surface area (Å²) in [5.74, 6) is -3.12. The maximum absolute atomic E-state index is 16.7. The normalized spacial score (nSPS) is 23.2. The molecule has 2 bridgehead atoms. The number of alkyl carbamates (subject to hydrolysis) is 2. The number of carbonyl (C=O) groups excluding carboxylic acids is 4. The number of aliphatic imine (C=N–C) groups is 1. The van der Waals surface area contributed by atoms with Crippen molar-refractivity contribution < 1.29 is 37.4 Å². The van der Waals surface area contributed by atoms with E-state index in [0.717, 1.165) is 61.1 Å². The number of nitrogens with one attached hydrogen (secondary N) is 3. The van der Waals surface area contributed by atoms with Crippen LogP contribution < -0.4 is 10.6 Å². The molecular weight excluding hydrogens is 847 g/mol. The molecule has 1 spiro atoms. The quantitative estimate of drug-likeness (QED) is 0.134. The van der Waals surface area contributed by atoms with Crippen LogP contribution in [0.25, 0.3) is 33.5 Å². The highest BCUT2D eigenvalue weighted by atomic mass is 19.3. The van der Waals surface area contributed by atoms with E-state index in [0.29, 0.717) is 46.7 Å². The Kier molecular flexibility index (Phi) is 10.7. The van der Waals surface area contributed by atoms with Crippen LogP contribution in [0.1, 0.15) is 93.8 Å². The average molecular weight is 899 g/mol. The first kappa shape index (κ1) is 43.3. The smallest absolute Gasteiger partial charge is 0.407 e. The van der Waals surface area contributed by atoms with Crippen molar-refractivity contribution >= 4 is 35.4 Å². The number of aromatic nitrogens is 2. The number of methoxy groups -OCH3 is 2. The predicted molar refractivity (Wildman–Crippen MR) is 240 cm³/mol. The molecule has 3 N–H and O–H groups in total. The lowest BCUT2D eigenvalue weighted by Gasteiger charge is -2.37. The third-order valence-electron chi connectivity index (χ3n) is 14.9. The maximum Gasteiger partial charge on any atom is 0.407 e. The second-order valence-electron chi connectivity index (χ2n) is 19.2. The molecular formula is C50H52F2N8O6. The van der Waals surface area contributed by atoms with E-state index >= 15 is 8.78 Å². The largest absolute Gasteiger partial charge is 0.453 e. The van der Waals surface area contributed by atoms with Crippen molar-refractivity contribution in [1.82, 2.24) is 30.4 Å². The Morgan fingerprint density at radius 3 is 2.30 bits per heavy atom. The molecule has 14 nitrogen and oxygen atoms in total. The third kappa shape index (κ3) is 7.36. The molecule has 342 valence electrons. The highest BCUT2D eigenvalue weighted by molar-refractivity contribution is 6.02. The van der Waals surface area contributed by atoms with Crippen LogP contribution in [0.15, 0.2) is 65.8 Å². The lowest BCUT2D eigenvalue weighted by molar-refractivity contribution is -0.136. The van der Waals surface area contributed by atoms with Crippen LogP contribution in [-0.2, 0) is 31.4 Å². The number of H-pyrrole nitrogens is 1. The maximum atomic E-state index is 16.7. The lowest BCUT2D eigenvalue weighted by atomic mass is 9.90. The van der Waals surface area contributed by atoms with Crippen LogP contribution in [0.4, 0.5) is 24.1 Å². The number of nitrogens with zero attached hydrogens (tertiary/aromatic N) is 5. The van der Waals surface area contributed by atoms with Gasteiger partial charge in [0.15, 0.2) is 0 Å². The van der Waals surface area contributed by atoms with E-state index < -0.39 is 30.2 Å². The van der Waals surface area contributed by atoms with Gasteiger partial charge in [-0.1, -0.05) is 44.2 Å². The summed E-state index contributed by atoms with van der Waals surface area (Å²) in [6.07, 6.45) is 6.38. The minimum atomic E-state index is -3.29. The fraction of sp³-hybridized carbons (Fsp3) is 0.460. The number of aromatic amines is 1. The van der Waals surface area contributed by atoms with Crippen LogP contribution >= 0.6 is 0 Å². The summed E-state index contributed by atoms with van der Waals surface area (Å²) in [7, 11) is 2.50. The first-order chi connectivity index (χ1) is 31.7. The summed E-state index contributed by atoms with van der Waals surface area (Å²) in [5.41, 5.74) is 5.88. The lowest BCUT2D eigenvalue weighted by Crippen LogP contribution is -2.56. The van der Waals surface area contributed by atoms with E-state index in [-0.39, 0.29) is 71.2 Å². The molecule has 4 fully saturated rings. The van der Waals surface area contributed by atoms with Crippen LogP contribution in [0.5, 0.6) is 0 Å². The molecule has 4 heterocycles. The molecule has 1 unspecified atom stereocenters. The van der Waals surface area contributed by atoms with Gasteiger partial charge in [0.1, 0.15) is 17.9 Å². The number of halogens is 2. The van der Waals surface area contributed by atoms with Crippen molar-refractivity contribution in [1.29, 1.82) is 5.26 Å². The predicted octanol–water partition coefficient (Wildman–Crippen LogP) is 8.33. The zero-order chi connectivity index (χ0) is 46.2. The van der Waals surface area contributed by atoms with Gasteiger partial charge in [0, 0.05) is 47.8 Å². The van der Waals surface area contributed by atoms with Gasteiger partial charge in [-0.2, -0.15) is 14.0 Å². The molecule has 6 aliphatic rings. The fourth-order valence-corrected chi connectivity index (χ4v) is 11.3. The number of hydrogen-bond acceptors (Lipinski definition) is 9. The number of imidazole rings is 1. The van der Waals surface area contributed by atoms with Gasteiger partial charge in [-0.3, -0.25) is 14.6 Å². The summed E-state index contributed by atoms with van der Waals surface area (Å²) in [6, 6.07) is 15.9. The SMILES string of the molecule is COC(=O)N[C@@H](CCC#N)C(=O)N1[C@@H]2CC[C@@H](C2)[C@H]1C1=Nc2ccc(-c3ccc4c(c3)C(F)(F)c3cc(-c5cnc(C6CC7(CC7)CN6C(=O)[C@@H](NC(=O)OC)C(C)C)[nH]5)ccc3-4)cc2C1. The number of alkyl halides is 2. The molecule has 4 amide bonds. The molecule has 6 atom stereocenters. The highest BCUT2D eigenvalue weighted by Gasteiger charge is 2.56. The van der Waals surface area contributed by atoms with Crippen molar-refractivity contribution in [2.75, 3.05) is 20.8 Å². The topological polar surface area (TPSA) is 182 Å². The Morgan fingerprint density at radius 2 is 1.61 bits per heavy atom. The van der Waals surface area contributed by atoms with Crippen molar-refractivity contribution in [3.05, 3.63) is 83.3 Å². The molecule has 16 heteroatoms. The summed E-state index contributed by atoms with van der Waals surface area (Å²) in [6.45, 7) is 4.29. The summed E-state index contributed by atoms with van der Waals surface area (Å²) >= 11 is 0. The van der Waals surface area contributed by atoms with E-state index in [4.69, 9.17) is 19.5 Å². The Balaban J connectivity index is 0.866. The van der Waals surface area contributed by atoms with Crippen molar-refractivity contribution in [2.24, 2.45) is 22.2 Å². The van der Waals surface area contributed by atoms with Gasteiger partial charge in [-0.05, 0) is 114 Å². The van der Waals surface area contributed by atoms with Gasteiger partial charge < -0.3 is 34.9 Å². The minimum absolute atomic E-state index is 0.00646. The monoisotopic (exact) mass is 898 g/mol. The Morgan fingerprint density at radius 1 is 0.924 bits per heavy atom. The van der Waals surface area contributed by atoms with E-state index in [1.807, 2.05) is 49.1 Å². The van der Waals surface area contributed by atoms with Crippen molar-refractivity contribution in [2.45, 2.75) is 108 Å². The number of benzene rings is 3. The molecule has 4 aromatic rings. The fourth-order valence-electron chi connectivity index (χ4n) is 11.3. The molecule has 2 saturated heterocycles. The average Bonchev–Trinajstić information content (AvgIpc) is 3.98. The van der Waals surface area contributed by atoms with E-state index in [1.165, 1.54) is 20.3 Å². The number of rotatable bonds is 11. The first-order valence-electron chi connectivity index (χ1n) is 22.8. The zero-order valence-corrected chi connectivity index (χ0v) is 37.3. The van der Waals surface area contributed by atoms with E-state index in [2.05, 4.69) is 21.7 Å². The van der Waals surface area contributed by atoms with Crippen molar-refractivity contribution in [3.8, 4) is 39.6 Å². The van der Waals surface area contributed by atoms with Crippen molar-refractivity contribution in [3.63, 3.8) is 0 Å². The number of nitriles is 1. The van der Waals surface area contributed by atoms with E-state index in [9.17, 15) is 24.4 Å². The molecule has 10 rings (SSSR count).